The number of amides is 1. The standard InChI is InChI=1S/C31H34Cl2N2O5/c1-5-13-35-14-12-30-27-20-7-9-24(38-4)28(27)39-29(30)23(10-11-31(30,25(35)17-20)40-18(2)36)34(3)26(37)16-19-6-8-21(32)22(33)15-19/h5-9,15,23,25,29H,1,10-14,16-17H2,2-4H3/t23-,25+,29-,30-,31+/m0/s1. The number of rotatable bonds is 7. The Morgan fingerprint density at radius 1 is 1.23 bits per heavy atom. The van der Waals surface area contributed by atoms with E-state index >= 15 is 0 Å². The third-order valence-electron chi connectivity index (χ3n) is 9.63. The highest BCUT2D eigenvalue weighted by molar-refractivity contribution is 6.42. The van der Waals surface area contributed by atoms with E-state index in [9.17, 15) is 9.59 Å². The van der Waals surface area contributed by atoms with E-state index in [0.717, 1.165) is 36.3 Å². The summed E-state index contributed by atoms with van der Waals surface area (Å²) in [5, 5.41) is 0.877. The Morgan fingerprint density at radius 2 is 2.02 bits per heavy atom. The third kappa shape index (κ3) is 3.81. The highest BCUT2D eigenvalue weighted by atomic mass is 35.5. The number of ether oxygens (including phenoxy) is 3. The van der Waals surface area contributed by atoms with Gasteiger partial charge in [-0.3, -0.25) is 14.5 Å². The van der Waals surface area contributed by atoms with E-state index < -0.39 is 17.1 Å². The van der Waals surface area contributed by atoms with Crippen molar-refractivity contribution < 1.29 is 23.8 Å². The molecule has 1 amide bonds. The van der Waals surface area contributed by atoms with Crippen molar-refractivity contribution in [3.05, 3.63) is 69.7 Å². The van der Waals surface area contributed by atoms with Crippen LogP contribution in [0.15, 0.2) is 43.0 Å². The zero-order valence-electron chi connectivity index (χ0n) is 23.0. The topological polar surface area (TPSA) is 68.3 Å². The number of hydrogen-bond acceptors (Lipinski definition) is 6. The first-order chi connectivity index (χ1) is 19.2. The summed E-state index contributed by atoms with van der Waals surface area (Å²) in [4.78, 5) is 30.7. The summed E-state index contributed by atoms with van der Waals surface area (Å²) in [5.41, 5.74) is 1.66. The van der Waals surface area contributed by atoms with Crippen LogP contribution in [-0.2, 0) is 32.6 Å². The molecule has 6 rings (SSSR count). The van der Waals surface area contributed by atoms with Gasteiger partial charge in [-0.15, -0.1) is 6.58 Å². The molecule has 9 heteroatoms. The van der Waals surface area contributed by atoms with Gasteiger partial charge in [0, 0.05) is 32.6 Å². The van der Waals surface area contributed by atoms with Crippen LogP contribution in [0, 0.1) is 0 Å². The first kappa shape index (κ1) is 27.4. The highest BCUT2D eigenvalue weighted by Gasteiger charge is 2.75. The normalized spacial score (nSPS) is 29.7. The Kier molecular flexibility index (Phi) is 6.83. The molecule has 0 aromatic heterocycles. The quantitative estimate of drug-likeness (QED) is 0.337. The first-order valence-corrected chi connectivity index (χ1v) is 14.5. The lowest BCUT2D eigenvalue weighted by atomic mass is 9.48. The third-order valence-corrected chi connectivity index (χ3v) is 10.4. The van der Waals surface area contributed by atoms with Gasteiger partial charge in [0.2, 0.25) is 5.91 Å². The number of piperidine rings is 1. The largest absolute Gasteiger partial charge is 0.493 e. The number of halogens is 2. The van der Waals surface area contributed by atoms with Gasteiger partial charge in [0.25, 0.3) is 0 Å². The summed E-state index contributed by atoms with van der Waals surface area (Å²) in [5.74, 6) is 1.04. The molecule has 2 bridgehead atoms. The van der Waals surface area contributed by atoms with Crippen molar-refractivity contribution in [3.63, 3.8) is 0 Å². The fourth-order valence-corrected chi connectivity index (χ4v) is 8.43. The van der Waals surface area contributed by atoms with Crippen LogP contribution in [0.25, 0.3) is 0 Å². The molecule has 1 saturated heterocycles. The second-order valence-electron chi connectivity index (χ2n) is 11.4. The maximum Gasteiger partial charge on any atom is 0.303 e. The molecule has 1 saturated carbocycles. The molecule has 2 heterocycles. The van der Waals surface area contributed by atoms with E-state index in [4.69, 9.17) is 37.4 Å². The Morgan fingerprint density at radius 3 is 2.73 bits per heavy atom. The van der Waals surface area contributed by atoms with Crippen molar-refractivity contribution >= 4 is 35.1 Å². The molecular weight excluding hydrogens is 551 g/mol. The Hall–Kier alpha value is -2.74. The van der Waals surface area contributed by atoms with E-state index in [1.807, 2.05) is 30.2 Å². The van der Waals surface area contributed by atoms with Crippen LogP contribution in [0.1, 0.15) is 42.9 Å². The Labute approximate surface area is 244 Å². The van der Waals surface area contributed by atoms with Gasteiger partial charge in [0.1, 0.15) is 11.7 Å². The van der Waals surface area contributed by atoms with Gasteiger partial charge in [-0.2, -0.15) is 0 Å². The van der Waals surface area contributed by atoms with Gasteiger partial charge in [-0.05, 0) is 55.0 Å². The molecule has 0 N–H and O–H groups in total. The minimum absolute atomic E-state index is 0.0285. The molecule has 2 fully saturated rings. The number of hydrogen-bond donors (Lipinski definition) is 0. The molecule has 40 heavy (non-hydrogen) atoms. The van der Waals surface area contributed by atoms with Crippen molar-refractivity contribution in [2.24, 2.45) is 0 Å². The van der Waals surface area contributed by atoms with Crippen LogP contribution >= 0.6 is 23.2 Å². The molecule has 2 aliphatic heterocycles. The number of methoxy groups -OCH3 is 1. The minimum atomic E-state index is -0.792. The SMILES string of the molecule is C=CCN1CC[C@]23c4c5ccc(OC)c4O[C@H]2[C@@H](N(C)C(=O)Cc2ccc(Cl)c(Cl)c2)CC[C@@]3(OC(C)=O)[C@H]1C5. The molecule has 0 unspecified atom stereocenters. The molecule has 4 aliphatic rings. The molecule has 7 nitrogen and oxygen atoms in total. The molecule has 212 valence electrons. The van der Waals surface area contributed by atoms with Crippen LogP contribution in [0.4, 0.5) is 0 Å². The van der Waals surface area contributed by atoms with E-state index in [0.29, 0.717) is 35.2 Å². The van der Waals surface area contributed by atoms with Crippen LogP contribution in [0.5, 0.6) is 11.5 Å². The van der Waals surface area contributed by atoms with Gasteiger partial charge in [-0.1, -0.05) is 41.4 Å². The summed E-state index contributed by atoms with van der Waals surface area (Å²) in [6.07, 6.45) is 4.43. The fourth-order valence-electron chi connectivity index (χ4n) is 8.10. The van der Waals surface area contributed by atoms with E-state index in [1.54, 1.807) is 19.2 Å². The van der Waals surface area contributed by atoms with E-state index in [2.05, 4.69) is 17.5 Å². The minimum Gasteiger partial charge on any atom is -0.493 e. The molecule has 2 aromatic rings. The van der Waals surface area contributed by atoms with Crippen LogP contribution in [0.2, 0.25) is 10.0 Å². The lowest BCUT2D eigenvalue weighted by Crippen LogP contribution is -2.79. The second-order valence-corrected chi connectivity index (χ2v) is 12.2. The number of nitrogens with zero attached hydrogens (tertiary/aromatic N) is 2. The van der Waals surface area contributed by atoms with Gasteiger partial charge >= 0.3 is 5.97 Å². The van der Waals surface area contributed by atoms with Crippen LogP contribution in [0.3, 0.4) is 0 Å². The molecule has 1 spiro atoms. The van der Waals surface area contributed by atoms with Crippen molar-refractivity contribution in [3.8, 4) is 11.5 Å². The summed E-state index contributed by atoms with van der Waals surface area (Å²) < 4.78 is 19.1. The van der Waals surface area contributed by atoms with Crippen LogP contribution < -0.4 is 9.47 Å². The summed E-state index contributed by atoms with van der Waals surface area (Å²) in [6, 6.07) is 9.10. The monoisotopic (exact) mass is 584 g/mol. The smallest absolute Gasteiger partial charge is 0.303 e. The fraction of sp³-hybridized carbons (Fsp3) is 0.484. The zero-order chi connectivity index (χ0) is 28.4. The summed E-state index contributed by atoms with van der Waals surface area (Å²) in [7, 11) is 3.49. The number of likely N-dealkylation sites (tertiary alicyclic amines) is 1. The second kappa shape index (κ2) is 9.97. The lowest BCUT2D eigenvalue weighted by molar-refractivity contribution is -0.222. The number of carbonyl (C=O) groups excluding carboxylic acids is 2. The summed E-state index contributed by atoms with van der Waals surface area (Å²) in [6.45, 7) is 6.99. The maximum atomic E-state index is 13.7. The van der Waals surface area contributed by atoms with Crippen molar-refractivity contribution in [2.75, 3.05) is 27.2 Å². The Balaban J connectivity index is 1.45. The molecule has 5 atom stereocenters. The molecular formula is C31H34Cl2N2O5. The number of carbonyl (C=O) groups is 2. The van der Waals surface area contributed by atoms with Gasteiger partial charge in [0.15, 0.2) is 11.5 Å². The van der Waals surface area contributed by atoms with Crippen LogP contribution in [-0.4, -0.2) is 72.7 Å². The predicted octanol–water partition coefficient (Wildman–Crippen LogP) is 4.98. The molecule has 2 aliphatic carbocycles. The van der Waals surface area contributed by atoms with Gasteiger partial charge < -0.3 is 19.1 Å². The first-order valence-electron chi connectivity index (χ1n) is 13.8. The predicted molar refractivity (Wildman–Crippen MR) is 153 cm³/mol. The highest BCUT2D eigenvalue weighted by Crippen LogP contribution is 2.67. The number of likely N-dealkylation sites (N-methyl/N-ethyl adjacent to an activating group) is 1. The van der Waals surface area contributed by atoms with Gasteiger partial charge in [0.05, 0.1) is 41.1 Å². The number of esters is 1. The van der Waals surface area contributed by atoms with Crippen molar-refractivity contribution in [1.29, 1.82) is 0 Å². The van der Waals surface area contributed by atoms with Gasteiger partial charge in [-0.25, -0.2) is 0 Å². The van der Waals surface area contributed by atoms with E-state index in [-0.39, 0.29) is 30.4 Å². The number of benzene rings is 2. The molecule has 2 aromatic carbocycles. The zero-order valence-corrected chi connectivity index (χ0v) is 24.6. The van der Waals surface area contributed by atoms with E-state index in [1.165, 1.54) is 12.5 Å². The van der Waals surface area contributed by atoms with Crippen molar-refractivity contribution in [1.82, 2.24) is 9.80 Å². The van der Waals surface area contributed by atoms with Crippen molar-refractivity contribution in [2.45, 2.75) is 68.2 Å². The maximum absolute atomic E-state index is 13.7. The summed E-state index contributed by atoms with van der Waals surface area (Å²) >= 11 is 12.3. The average Bonchev–Trinajstić information content (AvgIpc) is 3.27. The lowest BCUT2D eigenvalue weighted by Gasteiger charge is -2.65. The average molecular weight is 586 g/mol. The Bertz CT molecular complexity index is 1400. The molecule has 0 radical (unpaired) electrons.